The second-order valence-corrected chi connectivity index (χ2v) is 10.1. The fourth-order valence-electron chi connectivity index (χ4n) is 4.15. The van der Waals surface area contributed by atoms with Crippen LogP contribution in [0.1, 0.15) is 39.0 Å². The maximum Gasteiger partial charge on any atom is 0.419 e. The number of carbonyl (C=O) groups is 1. The first-order chi connectivity index (χ1) is 16.4. The topological polar surface area (TPSA) is 111 Å². The maximum atomic E-state index is 13.3. The SMILES string of the molecule is CCOc1ccc(NC(=O)CCCn2c(=O)oc3ccccc32)cc1S(=O)(=O)N1CCCCC1. The molecule has 9 nitrogen and oxygen atoms in total. The van der Waals surface area contributed by atoms with E-state index in [1.165, 1.54) is 14.9 Å². The van der Waals surface area contributed by atoms with Crippen molar-refractivity contribution in [1.29, 1.82) is 0 Å². The lowest BCUT2D eigenvalue weighted by Gasteiger charge is -2.27. The van der Waals surface area contributed by atoms with Crippen molar-refractivity contribution in [3.05, 3.63) is 53.0 Å². The number of aryl methyl sites for hydroxylation is 1. The van der Waals surface area contributed by atoms with Gasteiger partial charge in [0.05, 0.1) is 12.1 Å². The molecule has 2 heterocycles. The molecule has 0 radical (unpaired) electrons. The van der Waals surface area contributed by atoms with Crippen molar-refractivity contribution in [2.75, 3.05) is 25.0 Å². The summed E-state index contributed by atoms with van der Waals surface area (Å²) in [5, 5.41) is 2.77. The van der Waals surface area contributed by atoms with Gasteiger partial charge in [0.1, 0.15) is 10.6 Å². The number of para-hydroxylation sites is 2. The summed E-state index contributed by atoms with van der Waals surface area (Å²) in [6.45, 7) is 3.41. The number of piperidine rings is 1. The Labute approximate surface area is 198 Å². The summed E-state index contributed by atoms with van der Waals surface area (Å²) >= 11 is 0. The highest BCUT2D eigenvalue weighted by Gasteiger charge is 2.29. The average molecular weight is 488 g/mol. The molecule has 2 aromatic carbocycles. The number of nitrogens with one attached hydrogen (secondary N) is 1. The summed E-state index contributed by atoms with van der Waals surface area (Å²) < 4.78 is 40.3. The summed E-state index contributed by atoms with van der Waals surface area (Å²) in [6, 6.07) is 11.8. The number of fused-ring (bicyclic) bond motifs is 1. The quantitative estimate of drug-likeness (QED) is 0.494. The van der Waals surface area contributed by atoms with Crippen LogP contribution in [0, 0.1) is 0 Å². The predicted octanol–water partition coefficient (Wildman–Crippen LogP) is 3.59. The van der Waals surface area contributed by atoms with E-state index in [1.807, 2.05) is 6.07 Å². The van der Waals surface area contributed by atoms with Crippen LogP contribution in [0.25, 0.3) is 11.1 Å². The highest BCUT2D eigenvalue weighted by molar-refractivity contribution is 7.89. The Bertz CT molecular complexity index is 1320. The van der Waals surface area contributed by atoms with Crippen molar-refractivity contribution in [3.63, 3.8) is 0 Å². The highest BCUT2D eigenvalue weighted by Crippen LogP contribution is 2.31. The summed E-state index contributed by atoms with van der Waals surface area (Å²) in [5.41, 5.74) is 1.58. The third-order valence-electron chi connectivity index (χ3n) is 5.82. The molecule has 0 atom stereocenters. The monoisotopic (exact) mass is 487 g/mol. The van der Waals surface area contributed by atoms with E-state index < -0.39 is 15.8 Å². The molecule has 1 aliphatic rings. The van der Waals surface area contributed by atoms with Crippen LogP contribution in [-0.2, 0) is 21.4 Å². The van der Waals surface area contributed by atoms with Crippen molar-refractivity contribution in [3.8, 4) is 5.75 Å². The van der Waals surface area contributed by atoms with Crippen molar-refractivity contribution < 1.29 is 22.4 Å². The normalized spacial score (nSPS) is 14.9. The van der Waals surface area contributed by atoms with E-state index in [2.05, 4.69) is 5.32 Å². The average Bonchev–Trinajstić information content (AvgIpc) is 3.16. The molecule has 1 N–H and O–H groups in total. The van der Waals surface area contributed by atoms with E-state index in [0.29, 0.717) is 49.4 Å². The molecule has 10 heteroatoms. The number of anilines is 1. The van der Waals surface area contributed by atoms with Gasteiger partial charge in [-0.2, -0.15) is 4.31 Å². The molecule has 1 aliphatic heterocycles. The first kappa shape index (κ1) is 24.0. The summed E-state index contributed by atoms with van der Waals surface area (Å²) in [6.07, 6.45) is 3.25. The molecule has 0 saturated carbocycles. The van der Waals surface area contributed by atoms with E-state index in [4.69, 9.17) is 9.15 Å². The number of oxazole rings is 1. The number of hydrogen-bond acceptors (Lipinski definition) is 6. The zero-order valence-corrected chi connectivity index (χ0v) is 20.0. The molecule has 182 valence electrons. The second kappa shape index (κ2) is 10.4. The van der Waals surface area contributed by atoms with E-state index in [0.717, 1.165) is 19.3 Å². The molecule has 34 heavy (non-hydrogen) atoms. The first-order valence-electron chi connectivity index (χ1n) is 11.6. The number of rotatable bonds is 9. The molecular weight excluding hydrogens is 458 g/mol. The van der Waals surface area contributed by atoms with Crippen molar-refractivity contribution in [1.82, 2.24) is 8.87 Å². The van der Waals surface area contributed by atoms with Crippen LogP contribution in [-0.4, -0.2) is 42.9 Å². The molecular formula is C24H29N3O6S. The van der Waals surface area contributed by atoms with Gasteiger partial charge >= 0.3 is 5.76 Å². The largest absolute Gasteiger partial charge is 0.492 e. The highest BCUT2D eigenvalue weighted by atomic mass is 32.2. The molecule has 0 spiro atoms. The number of nitrogens with zero attached hydrogens (tertiary/aromatic N) is 2. The summed E-state index contributed by atoms with van der Waals surface area (Å²) in [5.74, 6) is -0.454. The van der Waals surface area contributed by atoms with Gasteiger partial charge in [0.15, 0.2) is 5.58 Å². The van der Waals surface area contributed by atoms with Gasteiger partial charge in [0.2, 0.25) is 15.9 Å². The lowest BCUT2D eigenvalue weighted by molar-refractivity contribution is -0.116. The van der Waals surface area contributed by atoms with Crippen LogP contribution >= 0.6 is 0 Å². The molecule has 1 saturated heterocycles. The molecule has 1 aromatic heterocycles. The van der Waals surface area contributed by atoms with Gasteiger partial charge in [-0.05, 0) is 56.5 Å². The Hall–Kier alpha value is -3.11. The van der Waals surface area contributed by atoms with Crippen LogP contribution < -0.4 is 15.8 Å². The fraction of sp³-hybridized carbons (Fsp3) is 0.417. The Kier molecular flexibility index (Phi) is 7.38. The van der Waals surface area contributed by atoms with Crippen molar-refractivity contribution in [2.24, 2.45) is 0 Å². The van der Waals surface area contributed by atoms with E-state index in [-0.39, 0.29) is 23.0 Å². The van der Waals surface area contributed by atoms with Crippen LogP contribution in [0.5, 0.6) is 5.75 Å². The Morgan fingerprint density at radius 3 is 2.65 bits per heavy atom. The van der Waals surface area contributed by atoms with Gasteiger partial charge in [0.25, 0.3) is 0 Å². The van der Waals surface area contributed by atoms with Gasteiger partial charge in [-0.15, -0.1) is 0 Å². The van der Waals surface area contributed by atoms with E-state index in [9.17, 15) is 18.0 Å². The van der Waals surface area contributed by atoms with Crippen LogP contribution in [0.3, 0.4) is 0 Å². The zero-order chi connectivity index (χ0) is 24.1. The maximum absolute atomic E-state index is 13.3. The summed E-state index contributed by atoms with van der Waals surface area (Å²) in [7, 11) is -3.74. The molecule has 0 bridgehead atoms. The van der Waals surface area contributed by atoms with E-state index >= 15 is 0 Å². The van der Waals surface area contributed by atoms with Gasteiger partial charge in [-0.1, -0.05) is 18.6 Å². The Balaban J connectivity index is 1.44. The molecule has 4 rings (SSSR count). The number of ether oxygens (including phenoxy) is 1. The van der Waals surface area contributed by atoms with Crippen LogP contribution in [0.4, 0.5) is 5.69 Å². The lowest BCUT2D eigenvalue weighted by atomic mass is 10.2. The number of carbonyl (C=O) groups excluding carboxylic acids is 1. The third kappa shape index (κ3) is 5.18. The molecule has 1 fully saturated rings. The minimum absolute atomic E-state index is 0.0606. The minimum atomic E-state index is -3.74. The standard InChI is InChI=1S/C24H29N3O6S/c1-2-32-21-13-12-18(17-22(21)34(30,31)26-14-6-3-7-15-26)25-23(28)11-8-16-27-19-9-4-5-10-20(19)33-24(27)29/h4-5,9-10,12-13,17H,2-3,6-8,11,14-16H2,1H3,(H,25,28). The zero-order valence-electron chi connectivity index (χ0n) is 19.2. The van der Waals surface area contributed by atoms with Gasteiger partial charge < -0.3 is 14.5 Å². The molecule has 0 aliphatic carbocycles. The number of sulfonamides is 1. The third-order valence-corrected chi connectivity index (χ3v) is 7.74. The lowest BCUT2D eigenvalue weighted by Crippen LogP contribution is -2.35. The van der Waals surface area contributed by atoms with Crippen LogP contribution in [0.2, 0.25) is 0 Å². The predicted molar refractivity (Wildman–Crippen MR) is 129 cm³/mol. The smallest absolute Gasteiger partial charge is 0.419 e. The molecule has 0 unspecified atom stereocenters. The second-order valence-electron chi connectivity index (χ2n) is 8.20. The van der Waals surface area contributed by atoms with Gasteiger partial charge in [-0.25, -0.2) is 13.2 Å². The Morgan fingerprint density at radius 1 is 1.12 bits per heavy atom. The molecule has 3 aromatic rings. The van der Waals surface area contributed by atoms with Crippen molar-refractivity contribution in [2.45, 2.75) is 50.5 Å². The van der Waals surface area contributed by atoms with Crippen LogP contribution in [0.15, 0.2) is 56.6 Å². The number of amides is 1. The summed E-state index contributed by atoms with van der Waals surface area (Å²) in [4.78, 5) is 24.7. The number of benzene rings is 2. The van der Waals surface area contributed by atoms with Gasteiger partial charge in [0, 0.05) is 31.7 Å². The van der Waals surface area contributed by atoms with Crippen molar-refractivity contribution >= 4 is 32.7 Å². The fourth-order valence-corrected chi connectivity index (χ4v) is 5.83. The molecule has 1 amide bonds. The van der Waals surface area contributed by atoms with Gasteiger partial charge in [-0.3, -0.25) is 9.36 Å². The first-order valence-corrected chi connectivity index (χ1v) is 13.0. The Morgan fingerprint density at radius 2 is 1.88 bits per heavy atom. The number of hydrogen-bond donors (Lipinski definition) is 1. The minimum Gasteiger partial charge on any atom is -0.492 e. The van der Waals surface area contributed by atoms with E-state index in [1.54, 1.807) is 37.3 Å². The number of aromatic nitrogens is 1.